The van der Waals surface area contributed by atoms with Crippen molar-refractivity contribution in [1.29, 1.82) is 0 Å². The molecule has 3 saturated heterocycles. The van der Waals surface area contributed by atoms with Gasteiger partial charge in [-0.05, 0) is 25.7 Å². The number of nitrogens with one attached hydrogen (secondary N) is 1. The first kappa shape index (κ1) is 9.60. The van der Waals surface area contributed by atoms with E-state index in [0.717, 1.165) is 32.5 Å². The van der Waals surface area contributed by atoms with Gasteiger partial charge in [-0.25, -0.2) is 0 Å². The Morgan fingerprint density at radius 1 is 1.33 bits per heavy atom. The second-order valence-corrected chi connectivity index (χ2v) is 4.79. The molecule has 15 heavy (non-hydrogen) atoms. The predicted molar refractivity (Wildman–Crippen MR) is 55.5 cm³/mol. The Hall–Kier alpha value is -0.610. The highest BCUT2D eigenvalue weighted by atomic mass is 16.5. The van der Waals surface area contributed by atoms with Crippen LogP contribution in [0.2, 0.25) is 0 Å². The molecule has 84 valence electrons. The van der Waals surface area contributed by atoms with E-state index in [2.05, 4.69) is 5.32 Å². The normalized spacial score (nSPS) is 39.7. The summed E-state index contributed by atoms with van der Waals surface area (Å²) in [5, 5.41) is 3.41. The Labute approximate surface area is 90.0 Å². The van der Waals surface area contributed by atoms with Crippen molar-refractivity contribution >= 4 is 5.91 Å². The molecule has 1 N–H and O–H groups in total. The Morgan fingerprint density at radius 2 is 2.13 bits per heavy atom. The van der Waals surface area contributed by atoms with Gasteiger partial charge in [-0.2, -0.15) is 0 Å². The van der Waals surface area contributed by atoms with Gasteiger partial charge in [-0.15, -0.1) is 0 Å². The maximum absolute atomic E-state index is 12.1. The lowest BCUT2D eigenvalue weighted by Gasteiger charge is -2.20. The number of likely N-dealkylation sites (tertiary alicyclic amines) is 1. The van der Waals surface area contributed by atoms with Gasteiger partial charge >= 0.3 is 0 Å². The van der Waals surface area contributed by atoms with Gasteiger partial charge in [0.15, 0.2) is 0 Å². The van der Waals surface area contributed by atoms with Crippen molar-refractivity contribution in [2.24, 2.45) is 0 Å². The van der Waals surface area contributed by atoms with Gasteiger partial charge < -0.3 is 15.0 Å². The van der Waals surface area contributed by atoms with Crippen LogP contribution < -0.4 is 5.32 Å². The first-order chi connectivity index (χ1) is 7.34. The molecular formula is C11H18N2O2. The van der Waals surface area contributed by atoms with Crippen LogP contribution in [-0.4, -0.2) is 48.7 Å². The van der Waals surface area contributed by atoms with Gasteiger partial charge in [0.2, 0.25) is 5.91 Å². The van der Waals surface area contributed by atoms with Crippen LogP contribution in [-0.2, 0) is 9.53 Å². The lowest BCUT2D eigenvalue weighted by atomic mass is 10.1. The molecule has 3 rings (SSSR count). The fourth-order valence-corrected chi connectivity index (χ4v) is 2.96. The molecule has 0 aromatic heterocycles. The van der Waals surface area contributed by atoms with Crippen LogP contribution in [0.3, 0.4) is 0 Å². The van der Waals surface area contributed by atoms with Gasteiger partial charge in [-0.1, -0.05) is 0 Å². The molecule has 3 heterocycles. The second-order valence-electron chi connectivity index (χ2n) is 4.79. The number of hydrogen-bond acceptors (Lipinski definition) is 3. The summed E-state index contributed by atoms with van der Waals surface area (Å²) in [4.78, 5) is 14.1. The summed E-state index contributed by atoms with van der Waals surface area (Å²) >= 11 is 0. The second kappa shape index (κ2) is 3.76. The fourth-order valence-electron chi connectivity index (χ4n) is 2.96. The van der Waals surface area contributed by atoms with Gasteiger partial charge in [0.25, 0.3) is 0 Å². The Morgan fingerprint density at radius 3 is 2.87 bits per heavy atom. The maximum Gasteiger partial charge on any atom is 0.239 e. The average molecular weight is 210 g/mol. The predicted octanol–water partition coefficient (Wildman–Crippen LogP) is 0.128. The molecule has 3 aliphatic rings. The summed E-state index contributed by atoms with van der Waals surface area (Å²) in [5.41, 5.74) is 0. The van der Waals surface area contributed by atoms with Crippen molar-refractivity contribution in [3.8, 4) is 0 Å². The number of fused-ring (bicyclic) bond motifs is 1. The minimum Gasteiger partial charge on any atom is -0.376 e. The highest BCUT2D eigenvalue weighted by Gasteiger charge is 2.42. The molecule has 0 spiro atoms. The zero-order valence-corrected chi connectivity index (χ0v) is 8.95. The molecule has 0 saturated carbocycles. The Bertz CT molecular complexity index is 251. The number of carbonyl (C=O) groups is 1. The van der Waals surface area contributed by atoms with E-state index in [1.165, 1.54) is 12.8 Å². The summed E-state index contributed by atoms with van der Waals surface area (Å²) in [7, 11) is 0. The topological polar surface area (TPSA) is 41.6 Å². The monoisotopic (exact) mass is 210 g/mol. The number of nitrogens with zero attached hydrogens (tertiary/aromatic N) is 1. The molecule has 3 aliphatic heterocycles. The molecule has 0 unspecified atom stereocenters. The van der Waals surface area contributed by atoms with E-state index in [0.29, 0.717) is 18.1 Å². The van der Waals surface area contributed by atoms with Crippen molar-refractivity contribution in [1.82, 2.24) is 10.2 Å². The van der Waals surface area contributed by atoms with Crippen LogP contribution in [0.15, 0.2) is 0 Å². The van der Waals surface area contributed by atoms with Crippen LogP contribution in [0.5, 0.6) is 0 Å². The van der Waals surface area contributed by atoms with Crippen LogP contribution in [0.1, 0.15) is 25.7 Å². The minimum atomic E-state index is 0.0263. The molecule has 3 atom stereocenters. The zero-order chi connectivity index (χ0) is 10.3. The molecular weight excluding hydrogens is 192 g/mol. The highest BCUT2D eigenvalue weighted by Crippen LogP contribution is 2.26. The molecule has 0 aromatic carbocycles. The summed E-state index contributed by atoms with van der Waals surface area (Å²) in [6.07, 6.45) is 4.57. The molecule has 4 nitrogen and oxygen atoms in total. The summed E-state index contributed by atoms with van der Waals surface area (Å²) in [6, 6.07) is 0.458. The first-order valence-corrected chi connectivity index (χ1v) is 6.01. The summed E-state index contributed by atoms with van der Waals surface area (Å²) in [5.74, 6) is 0.297. The molecule has 3 fully saturated rings. The quantitative estimate of drug-likeness (QED) is 0.669. The minimum absolute atomic E-state index is 0.0263. The van der Waals surface area contributed by atoms with Crippen molar-refractivity contribution in [2.45, 2.75) is 43.9 Å². The number of hydrogen-bond donors (Lipinski definition) is 1. The molecule has 1 amide bonds. The SMILES string of the molecule is O=C([C@H]1C[C@H]2OCC[C@H]2N1)N1CCCC1. The van der Waals surface area contributed by atoms with Gasteiger partial charge in [0, 0.05) is 25.7 Å². The average Bonchev–Trinajstić information content (AvgIpc) is 2.92. The third-order valence-electron chi connectivity index (χ3n) is 3.81. The number of ether oxygens (including phenoxy) is 1. The van der Waals surface area contributed by atoms with E-state index in [9.17, 15) is 4.79 Å². The smallest absolute Gasteiger partial charge is 0.239 e. The molecule has 0 aliphatic carbocycles. The van der Waals surface area contributed by atoms with Crippen LogP contribution in [0, 0.1) is 0 Å². The Kier molecular flexibility index (Phi) is 2.41. The number of carbonyl (C=O) groups excluding carboxylic acids is 1. The van der Waals surface area contributed by atoms with E-state index in [1.807, 2.05) is 4.90 Å². The first-order valence-electron chi connectivity index (χ1n) is 6.01. The lowest BCUT2D eigenvalue weighted by molar-refractivity contribution is -0.132. The number of rotatable bonds is 1. The fraction of sp³-hybridized carbons (Fsp3) is 0.909. The van der Waals surface area contributed by atoms with E-state index in [1.54, 1.807) is 0 Å². The van der Waals surface area contributed by atoms with E-state index in [4.69, 9.17) is 4.74 Å². The van der Waals surface area contributed by atoms with Crippen LogP contribution in [0.4, 0.5) is 0 Å². The van der Waals surface area contributed by atoms with E-state index in [-0.39, 0.29) is 6.04 Å². The van der Waals surface area contributed by atoms with Crippen LogP contribution >= 0.6 is 0 Å². The van der Waals surface area contributed by atoms with Crippen molar-refractivity contribution < 1.29 is 9.53 Å². The van der Waals surface area contributed by atoms with E-state index >= 15 is 0 Å². The highest BCUT2D eigenvalue weighted by molar-refractivity contribution is 5.82. The molecule has 0 bridgehead atoms. The summed E-state index contributed by atoms with van der Waals surface area (Å²) in [6.45, 7) is 2.76. The van der Waals surface area contributed by atoms with Gasteiger partial charge in [-0.3, -0.25) is 4.79 Å². The largest absolute Gasteiger partial charge is 0.376 e. The number of amides is 1. The standard InChI is InChI=1S/C11H18N2O2/c14-11(13-4-1-2-5-13)9-7-10-8(12-9)3-6-15-10/h8-10,12H,1-7H2/t8-,9-,10-/m1/s1. The lowest BCUT2D eigenvalue weighted by Crippen LogP contribution is -2.44. The van der Waals surface area contributed by atoms with Crippen LogP contribution in [0.25, 0.3) is 0 Å². The molecule has 4 heteroatoms. The van der Waals surface area contributed by atoms with Gasteiger partial charge in [0.05, 0.1) is 12.1 Å². The van der Waals surface area contributed by atoms with Crippen molar-refractivity contribution in [3.05, 3.63) is 0 Å². The van der Waals surface area contributed by atoms with Crippen molar-refractivity contribution in [2.75, 3.05) is 19.7 Å². The molecule has 0 radical (unpaired) electrons. The van der Waals surface area contributed by atoms with E-state index < -0.39 is 0 Å². The Balaban J connectivity index is 1.61. The summed E-state index contributed by atoms with van der Waals surface area (Å²) < 4.78 is 5.59. The zero-order valence-electron chi connectivity index (χ0n) is 8.95. The van der Waals surface area contributed by atoms with Crippen molar-refractivity contribution in [3.63, 3.8) is 0 Å². The third kappa shape index (κ3) is 1.66. The van der Waals surface area contributed by atoms with Gasteiger partial charge in [0.1, 0.15) is 0 Å². The maximum atomic E-state index is 12.1. The third-order valence-corrected chi connectivity index (χ3v) is 3.81. The molecule has 0 aromatic rings.